The summed E-state index contributed by atoms with van der Waals surface area (Å²) in [6.07, 6.45) is -0.481. The van der Waals surface area contributed by atoms with Crippen LogP contribution < -0.4 is 0 Å². The molecule has 7 heteroatoms. The monoisotopic (exact) mass is 267 g/mol. The lowest BCUT2D eigenvalue weighted by atomic mass is 10.2. The topological polar surface area (TPSA) is 57.6 Å². The number of aliphatic hydroxyl groups is 1. The van der Waals surface area contributed by atoms with Crippen molar-refractivity contribution in [3.05, 3.63) is 0 Å². The van der Waals surface area contributed by atoms with Crippen LogP contribution in [0, 0.1) is 0 Å². The average molecular weight is 267 g/mol. The van der Waals surface area contributed by atoms with Gasteiger partial charge in [0.05, 0.1) is 23.7 Å². The van der Waals surface area contributed by atoms with Crippen LogP contribution in [-0.2, 0) is 9.84 Å². The van der Waals surface area contributed by atoms with Gasteiger partial charge in [0.2, 0.25) is 0 Å². The van der Waals surface area contributed by atoms with Gasteiger partial charge in [-0.25, -0.2) is 8.42 Å². The fourth-order valence-electron chi connectivity index (χ4n) is 2.03. The second kappa shape index (κ2) is 3.87. The van der Waals surface area contributed by atoms with E-state index in [2.05, 4.69) is 0 Å². The predicted molar refractivity (Wildman–Crippen MR) is 64.8 cm³/mol. The first kappa shape index (κ1) is 11.6. The molecule has 0 unspecified atom stereocenters. The molecule has 1 N–H and O–H groups in total. The van der Waals surface area contributed by atoms with Crippen molar-refractivity contribution in [3.63, 3.8) is 0 Å². The smallest absolute Gasteiger partial charge is 0.153 e. The fraction of sp³-hybridized carbons (Fsp3) is 0.875. The largest absolute Gasteiger partial charge is 0.392 e. The summed E-state index contributed by atoms with van der Waals surface area (Å²) in [5.41, 5.74) is 0. The number of sulfone groups is 1. The summed E-state index contributed by atoms with van der Waals surface area (Å²) in [5.74, 6) is 0.399. The molecule has 3 atom stereocenters. The number of rotatable bonds is 2. The van der Waals surface area contributed by atoms with Gasteiger partial charge in [-0.3, -0.25) is 0 Å². The second-order valence-electron chi connectivity index (χ2n) is 4.07. The molecular formula is C8H13NO3S3. The summed E-state index contributed by atoms with van der Waals surface area (Å²) in [6, 6.07) is -0.0258. The zero-order chi connectivity index (χ0) is 11.2. The van der Waals surface area contributed by atoms with Crippen LogP contribution in [0.4, 0.5) is 0 Å². The summed E-state index contributed by atoms with van der Waals surface area (Å²) in [7, 11) is -2.90. The third kappa shape index (κ3) is 2.30. The minimum Gasteiger partial charge on any atom is -0.392 e. The van der Waals surface area contributed by atoms with Crippen molar-refractivity contribution in [2.24, 2.45) is 0 Å². The van der Waals surface area contributed by atoms with Gasteiger partial charge in [0.15, 0.2) is 9.84 Å². The van der Waals surface area contributed by atoms with Crippen molar-refractivity contribution in [2.75, 3.05) is 18.1 Å². The molecule has 0 spiro atoms. The van der Waals surface area contributed by atoms with E-state index in [1.165, 1.54) is 11.8 Å². The Bertz CT molecular complexity index is 379. The average Bonchev–Trinajstić information content (AvgIpc) is 2.47. The molecule has 2 aliphatic heterocycles. The van der Waals surface area contributed by atoms with Crippen molar-refractivity contribution in [1.82, 2.24) is 4.90 Å². The van der Waals surface area contributed by atoms with Crippen LogP contribution in [0.25, 0.3) is 0 Å². The first-order valence-corrected chi connectivity index (χ1v) is 7.86. The Balaban J connectivity index is 2.15. The molecule has 0 aromatic heterocycles. The number of hydrogen-bond acceptors (Lipinski definition) is 5. The number of aliphatic hydroxyl groups excluding tert-OH is 1. The second-order valence-corrected chi connectivity index (χ2v) is 8.09. The van der Waals surface area contributed by atoms with E-state index in [4.69, 9.17) is 12.2 Å². The molecular weight excluding hydrogens is 254 g/mol. The summed E-state index contributed by atoms with van der Waals surface area (Å²) >= 11 is 6.63. The van der Waals surface area contributed by atoms with Crippen LogP contribution in [0.5, 0.6) is 0 Å². The molecule has 2 fully saturated rings. The normalized spacial score (nSPS) is 35.6. The zero-order valence-electron chi connectivity index (χ0n) is 8.29. The first-order valence-electron chi connectivity index (χ1n) is 4.75. The van der Waals surface area contributed by atoms with E-state index in [0.29, 0.717) is 6.54 Å². The van der Waals surface area contributed by atoms with Crippen molar-refractivity contribution in [3.8, 4) is 0 Å². The Morgan fingerprint density at radius 1 is 1.67 bits per heavy atom. The third-order valence-corrected chi connectivity index (χ3v) is 6.29. The molecule has 15 heavy (non-hydrogen) atoms. The third-order valence-electron chi connectivity index (χ3n) is 2.62. The van der Waals surface area contributed by atoms with Crippen LogP contribution in [0.15, 0.2) is 0 Å². The van der Waals surface area contributed by atoms with E-state index in [1.54, 1.807) is 6.92 Å². The van der Waals surface area contributed by atoms with Crippen LogP contribution >= 0.6 is 24.0 Å². The lowest BCUT2D eigenvalue weighted by Gasteiger charge is -2.25. The van der Waals surface area contributed by atoms with Gasteiger partial charge >= 0.3 is 0 Å². The number of hydrogen-bond donors (Lipinski definition) is 1. The Kier molecular flexibility index (Phi) is 3.00. The van der Waals surface area contributed by atoms with Gasteiger partial charge < -0.3 is 10.0 Å². The number of thiocarbonyl (C=S) groups is 1. The van der Waals surface area contributed by atoms with Gasteiger partial charge in [0.25, 0.3) is 0 Å². The predicted octanol–water partition coefficient (Wildman–Crippen LogP) is -0.133. The van der Waals surface area contributed by atoms with Crippen LogP contribution in [0.3, 0.4) is 0 Å². The zero-order valence-corrected chi connectivity index (χ0v) is 10.7. The summed E-state index contributed by atoms with van der Waals surface area (Å²) < 4.78 is 23.6. The number of thioether (sulfide) groups is 1. The molecule has 2 heterocycles. The molecule has 0 amide bonds. The van der Waals surface area contributed by atoms with Crippen LogP contribution in [0.2, 0.25) is 0 Å². The van der Waals surface area contributed by atoms with Gasteiger partial charge in [-0.1, -0.05) is 24.0 Å². The number of nitrogens with zero attached hydrogens (tertiary/aromatic N) is 1. The highest BCUT2D eigenvalue weighted by atomic mass is 32.2. The van der Waals surface area contributed by atoms with Gasteiger partial charge in [-0.05, 0) is 6.92 Å². The van der Waals surface area contributed by atoms with Crippen molar-refractivity contribution >= 4 is 38.1 Å². The van der Waals surface area contributed by atoms with Gasteiger partial charge in [-0.15, -0.1) is 0 Å². The highest BCUT2D eigenvalue weighted by molar-refractivity contribution is 8.24. The van der Waals surface area contributed by atoms with Gasteiger partial charge in [-0.2, -0.15) is 0 Å². The Hall–Kier alpha value is 0.150. The van der Waals surface area contributed by atoms with Crippen LogP contribution in [0.1, 0.15) is 6.92 Å². The molecule has 2 rings (SSSR count). The SMILES string of the molecule is C[C@@H](O)CN1C(=S)S[C@@H]2CS(=O)(=O)C[C@@H]21. The molecule has 0 aromatic rings. The minimum absolute atomic E-state index is 0.0258. The van der Waals surface area contributed by atoms with E-state index in [0.717, 1.165) is 4.32 Å². The Morgan fingerprint density at radius 3 is 2.93 bits per heavy atom. The van der Waals surface area contributed by atoms with Gasteiger partial charge in [0.1, 0.15) is 4.32 Å². The summed E-state index contributed by atoms with van der Waals surface area (Å²) in [5, 5.41) is 9.39. The molecule has 2 saturated heterocycles. The fourth-order valence-corrected chi connectivity index (χ4v) is 6.42. The summed E-state index contributed by atoms with van der Waals surface area (Å²) in [4.78, 5) is 1.86. The quantitative estimate of drug-likeness (QED) is 0.703. The Morgan fingerprint density at radius 2 is 2.33 bits per heavy atom. The number of β-amino-alcohol motifs (C(OH)–C–C–N with tert-alkyl or cyclic N) is 1. The molecule has 0 saturated carbocycles. The van der Waals surface area contributed by atoms with E-state index in [9.17, 15) is 13.5 Å². The molecule has 86 valence electrons. The van der Waals surface area contributed by atoms with Gasteiger partial charge in [0, 0.05) is 11.8 Å². The molecule has 4 nitrogen and oxygen atoms in total. The minimum atomic E-state index is -2.90. The highest BCUT2D eigenvalue weighted by Gasteiger charge is 2.47. The Labute approximate surface area is 98.9 Å². The molecule has 0 radical (unpaired) electrons. The van der Waals surface area contributed by atoms with Crippen LogP contribution in [-0.4, -0.2) is 58.2 Å². The highest BCUT2D eigenvalue weighted by Crippen LogP contribution is 2.37. The number of fused-ring (bicyclic) bond motifs is 1. The van der Waals surface area contributed by atoms with Crippen molar-refractivity contribution < 1.29 is 13.5 Å². The maximum atomic E-state index is 11.4. The molecule has 2 aliphatic rings. The van der Waals surface area contributed by atoms with Crippen molar-refractivity contribution in [1.29, 1.82) is 0 Å². The van der Waals surface area contributed by atoms with E-state index in [1.807, 2.05) is 4.90 Å². The lowest BCUT2D eigenvalue weighted by Crippen LogP contribution is -2.40. The van der Waals surface area contributed by atoms with E-state index >= 15 is 0 Å². The molecule has 0 aliphatic carbocycles. The van der Waals surface area contributed by atoms with E-state index in [-0.39, 0.29) is 22.8 Å². The standard InChI is InChI=1S/C8H13NO3S3/c1-5(10)2-9-6-3-15(11,12)4-7(6)14-8(9)13/h5-7,10H,2-4H2,1H3/t5-,6+,7-/m1/s1. The maximum Gasteiger partial charge on any atom is 0.153 e. The maximum absolute atomic E-state index is 11.4. The first-order chi connectivity index (χ1) is 6.89. The summed E-state index contributed by atoms with van der Waals surface area (Å²) in [6.45, 7) is 2.12. The van der Waals surface area contributed by atoms with Crippen molar-refractivity contribution in [2.45, 2.75) is 24.3 Å². The molecule has 0 bridgehead atoms. The van der Waals surface area contributed by atoms with E-state index < -0.39 is 15.9 Å². The molecule has 0 aromatic carbocycles. The lowest BCUT2D eigenvalue weighted by molar-refractivity contribution is 0.151.